The third-order valence-corrected chi connectivity index (χ3v) is 5.03. The molecular formula is C16H19ClN2O4S. The van der Waals surface area contributed by atoms with Crippen LogP contribution in [-0.2, 0) is 14.3 Å². The number of halogens is 1. The average molecular weight is 371 g/mol. The van der Waals surface area contributed by atoms with Gasteiger partial charge in [-0.1, -0.05) is 11.6 Å². The summed E-state index contributed by atoms with van der Waals surface area (Å²) < 4.78 is 4.72. The molecule has 1 fully saturated rings. The lowest BCUT2D eigenvalue weighted by Crippen LogP contribution is -2.45. The highest BCUT2D eigenvalue weighted by molar-refractivity contribution is 8.00. The number of esters is 1. The molecule has 1 N–H and O–H groups in total. The maximum Gasteiger partial charge on any atom is 0.320 e. The lowest BCUT2D eigenvalue weighted by Gasteiger charge is -2.31. The fourth-order valence-corrected chi connectivity index (χ4v) is 3.55. The van der Waals surface area contributed by atoms with Gasteiger partial charge >= 0.3 is 5.97 Å². The van der Waals surface area contributed by atoms with Crippen molar-refractivity contribution in [2.45, 2.75) is 11.7 Å². The largest absolute Gasteiger partial charge is 0.468 e. The maximum atomic E-state index is 12.2. The molecule has 1 aliphatic rings. The van der Waals surface area contributed by atoms with Crippen molar-refractivity contribution in [3.8, 4) is 0 Å². The smallest absolute Gasteiger partial charge is 0.320 e. The molecule has 0 bridgehead atoms. The summed E-state index contributed by atoms with van der Waals surface area (Å²) in [6, 6.07) is 6.53. The van der Waals surface area contributed by atoms with Gasteiger partial charge in [-0.2, -0.15) is 0 Å². The summed E-state index contributed by atoms with van der Waals surface area (Å²) in [5, 5.41) is 2.93. The number of carbonyl (C=O) groups excluding carboxylic acids is 3. The van der Waals surface area contributed by atoms with E-state index in [0.29, 0.717) is 29.4 Å². The summed E-state index contributed by atoms with van der Waals surface area (Å²) in [7, 11) is 1.34. The van der Waals surface area contributed by atoms with Crippen molar-refractivity contribution in [3.05, 3.63) is 34.9 Å². The van der Waals surface area contributed by atoms with Gasteiger partial charge in [-0.15, -0.1) is 11.8 Å². The number of hydrogen-bond donors (Lipinski definition) is 1. The Bertz CT molecular complexity index is 609. The SMILES string of the molecule is COC(=O)[C@H]1CN(C(=O)CCNC(=O)c2ccc(Cl)cc2)CCS1. The number of nitrogens with one attached hydrogen (secondary N) is 1. The molecule has 0 radical (unpaired) electrons. The quantitative estimate of drug-likeness (QED) is 0.796. The minimum atomic E-state index is -0.337. The second kappa shape index (κ2) is 8.94. The third kappa shape index (κ3) is 5.14. The number of nitrogens with zero attached hydrogens (tertiary/aromatic N) is 1. The van der Waals surface area contributed by atoms with Crippen LogP contribution in [-0.4, -0.2) is 60.4 Å². The number of amides is 2. The second-order valence-corrected chi connectivity index (χ2v) is 6.98. The van der Waals surface area contributed by atoms with E-state index in [0.717, 1.165) is 0 Å². The van der Waals surface area contributed by atoms with E-state index in [2.05, 4.69) is 5.32 Å². The Balaban J connectivity index is 1.77. The van der Waals surface area contributed by atoms with E-state index in [9.17, 15) is 14.4 Å². The van der Waals surface area contributed by atoms with Crippen molar-refractivity contribution >= 4 is 41.1 Å². The monoisotopic (exact) mass is 370 g/mol. The van der Waals surface area contributed by atoms with E-state index in [4.69, 9.17) is 16.3 Å². The molecule has 6 nitrogen and oxygen atoms in total. The van der Waals surface area contributed by atoms with Crippen molar-refractivity contribution in [2.75, 3.05) is 32.5 Å². The first kappa shape index (κ1) is 18.6. The van der Waals surface area contributed by atoms with Crippen molar-refractivity contribution in [1.82, 2.24) is 10.2 Å². The Kier molecular flexibility index (Phi) is 6.93. The van der Waals surface area contributed by atoms with Crippen molar-refractivity contribution in [3.63, 3.8) is 0 Å². The van der Waals surface area contributed by atoms with Crippen LogP contribution in [0.1, 0.15) is 16.8 Å². The van der Waals surface area contributed by atoms with Crippen molar-refractivity contribution < 1.29 is 19.1 Å². The molecule has 1 aromatic carbocycles. The van der Waals surface area contributed by atoms with Crippen LogP contribution in [0.2, 0.25) is 5.02 Å². The Morgan fingerprint density at radius 1 is 1.33 bits per heavy atom. The van der Waals surface area contributed by atoms with Crippen molar-refractivity contribution in [2.24, 2.45) is 0 Å². The minimum absolute atomic E-state index is 0.0828. The third-order valence-electron chi connectivity index (χ3n) is 3.61. The standard InChI is InChI=1S/C16H19ClN2O4S/c1-23-16(22)13-10-19(8-9-24-13)14(20)6-7-18-15(21)11-2-4-12(17)5-3-11/h2-5,13H,6-10H2,1H3,(H,18,21)/t13-/m1/s1. The van der Waals surface area contributed by atoms with E-state index in [1.807, 2.05) is 0 Å². The van der Waals surface area contributed by atoms with Gasteiger partial charge in [0.05, 0.1) is 7.11 Å². The van der Waals surface area contributed by atoms with Crippen LogP contribution in [0, 0.1) is 0 Å². The van der Waals surface area contributed by atoms with Gasteiger partial charge in [-0.05, 0) is 24.3 Å². The number of carbonyl (C=O) groups is 3. The molecule has 8 heteroatoms. The first-order valence-electron chi connectivity index (χ1n) is 7.52. The molecule has 0 spiro atoms. The van der Waals surface area contributed by atoms with Gasteiger partial charge in [-0.3, -0.25) is 14.4 Å². The van der Waals surface area contributed by atoms with E-state index in [-0.39, 0.29) is 36.0 Å². The number of thioether (sulfide) groups is 1. The van der Waals surface area contributed by atoms with Crippen LogP contribution in [0.4, 0.5) is 0 Å². The van der Waals surface area contributed by atoms with E-state index < -0.39 is 0 Å². The molecule has 2 amide bonds. The summed E-state index contributed by atoms with van der Waals surface area (Å²) in [4.78, 5) is 37.4. The predicted molar refractivity (Wildman–Crippen MR) is 93.2 cm³/mol. The summed E-state index contributed by atoms with van der Waals surface area (Å²) in [5.41, 5.74) is 0.493. The Morgan fingerprint density at radius 2 is 2.04 bits per heavy atom. The van der Waals surface area contributed by atoms with Gasteiger partial charge in [0, 0.05) is 42.4 Å². The maximum absolute atomic E-state index is 12.2. The number of rotatable bonds is 5. The minimum Gasteiger partial charge on any atom is -0.468 e. The summed E-state index contributed by atoms with van der Waals surface area (Å²) in [6.45, 7) is 1.19. The second-order valence-electron chi connectivity index (χ2n) is 5.24. The normalized spacial score (nSPS) is 17.2. The molecule has 24 heavy (non-hydrogen) atoms. The van der Waals surface area contributed by atoms with Gasteiger partial charge in [0.25, 0.3) is 5.91 Å². The lowest BCUT2D eigenvalue weighted by atomic mass is 10.2. The number of hydrogen-bond acceptors (Lipinski definition) is 5. The van der Waals surface area contributed by atoms with Gasteiger partial charge in [-0.25, -0.2) is 0 Å². The van der Waals surface area contributed by atoms with Gasteiger partial charge < -0.3 is 15.0 Å². The molecule has 1 heterocycles. The van der Waals surface area contributed by atoms with Crippen LogP contribution in [0.15, 0.2) is 24.3 Å². The lowest BCUT2D eigenvalue weighted by molar-refractivity contribution is -0.141. The molecular weight excluding hydrogens is 352 g/mol. The van der Waals surface area contributed by atoms with Crippen LogP contribution in [0.25, 0.3) is 0 Å². The highest BCUT2D eigenvalue weighted by Gasteiger charge is 2.29. The van der Waals surface area contributed by atoms with Crippen LogP contribution in [0.5, 0.6) is 0 Å². The van der Waals surface area contributed by atoms with Gasteiger partial charge in [0.1, 0.15) is 5.25 Å². The first-order chi connectivity index (χ1) is 11.5. The highest BCUT2D eigenvalue weighted by Crippen LogP contribution is 2.20. The van der Waals surface area contributed by atoms with Gasteiger partial charge in [0.15, 0.2) is 0 Å². The highest BCUT2D eigenvalue weighted by atomic mass is 35.5. The summed E-state index contributed by atoms with van der Waals surface area (Å²) in [5.74, 6) is 0.0538. The average Bonchev–Trinajstić information content (AvgIpc) is 2.61. The molecule has 1 saturated heterocycles. The molecule has 1 aliphatic heterocycles. The zero-order chi connectivity index (χ0) is 17.5. The topological polar surface area (TPSA) is 75.7 Å². The Labute approximate surface area is 149 Å². The summed E-state index contributed by atoms with van der Waals surface area (Å²) in [6.07, 6.45) is 0.192. The van der Waals surface area contributed by atoms with Crippen LogP contribution >= 0.6 is 23.4 Å². The molecule has 2 rings (SSSR count). The fraction of sp³-hybridized carbons (Fsp3) is 0.438. The molecule has 1 atom stereocenters. The Morgan fingerprint density at radius 3 is 2.71 bits per heavy atom. The van der Waals surface area contributed by atoms with Crippen LogP contribution < -0.4 is 5.32 Å². The van der Waals surface area contributed by atoms with Gasteiger partial charge in [0.2, 0.25) is 5.91 Å². The van der Waals surface area contributed by atoms with E-state index in [1.165, 1.54) is 18.9 Å². The molecule has 0 aromatic heterocycles. The number of benzene rings is 1. The number of ether oxygens (including phenoxy) is 1. The van der Waals surface area contributed by atoms with E-state index >= 15 is 0 Å². The zero-order valence-electron chi connectivity index (χ0n) is 13.3. The molecule has 0 aliphatic carbocycles. The first-order valence-corrected chi connectivity index (χ1v) is 8.95. The Hall–Kier alpha value is -1.73. The van der Waals surface area contributed by atoms with E-state index in [1.54, 1.807) is 29.2 Å². The summed E-state index contributed by atoms with van der Waals surface area (Å²) >= 11 is 7.27. The van der Waals surface area contributed by atoms with Crippen LogP contribution in [0.3, 0.4) is 0 Å². The molecule has 1 aromatic rings. The fourth-order valence-electron chi connectivity index (χ4n) is 2.29. The molecule has 0 saturated carbocycles. The molecule has 130 valence electrons. The number of methoxy groups -OCH3 is 1. The predicted octanol–water partition coefficient (Wildman–Crippen LogP) is 1.58. The van der Waals surface area contributed by atoms with Crippen molar-refractivity contribution in [1.29, 1.82) is 0 Å². The zero-order valence-corrected chi connectivity index (χ0v) is 14.9. The molecule has 0 unspecified atom stereocenters.